The van der Waals surface area contributed by atoms with Crippen LogP contribution in [0.1, 0.15) is 49.7 Å². The van der Waals surface area contributed by atoms with Crippen molar-refractivity contribution in [2.24, 2.45) is 0 Å². The fourth-order valence-electron chi connectivity index (χ4n) is 3.76. The van der Waals surface area contributed by atoms with Crippen LogP contribution in [0.25, 0.3) is 0 Å². The summed E-state index contributed by atoms with van der Waals surface area (Å²) in [6, 6.07) is 13.0. The van der Waals surface area contributed by atoms with Gasteiger partial charge in [-0.15, -0.1) is 0 Å². The monoisotopic (exact) mass is 408 g/mol. The number of anilines is 1. The topological polar surface area (TPSA) is 33.1 Å². The number of aryl methyl sites for hydroxylation is 1. The van der Waals surface area contributed by atoms with E-state index in [1.807, 2.05) is 24.3 Å². The number of halogens is 1. The molecule has 1 fully saturated rings. The van der Waals surface area contributed by atoms with Crippen LogP contribution in [-0.2, 0) is 5.54 Å². The Labute approximate surface area is 176 Å². The standard InChI is InChI=1S/C23H25FN4S/c1-15-13-17(8-9-18(15)24)28-21(16-10-12-27(14-16)23(2,3)4)20(26-22(28)29)19-7-5-6-11-25-19/h5-14,20-21H,1-4H3,(H,26,29)/t20-,21-/m0/s1. The molecule has 1 N–H and O–H groups in total. The molecule has 3 heterocycles. The van der Waals surface area contributed by atoms with Gasteiger partial charge in [-0.3, -0.25) is 4.98 Å². The van der Waals surface area contributed by atoms with Crippen LogP contribution >= 0.6 is 12.2 Å². The highest BCUT2D eigenvalue weighted by molar-refractivity contribution is 7.80. The molecule has 150 valence electrons. The lowest BCUT2D eigenvalue weighted by Crippen LogP contribution is -2.29. The SMILES string of the molecule is Cc1cc(N2C(=S)N[C@@H](c3ccccn3)[C@@H]2c2ccn(C(C)(C)C)c2)ccc1F. The zero-order valence-corrected chi connectivity index (χ0v) is 17.9. The van der Waals surface area contributed by atoms with E-state index in [1.165, 1.54) is 6.07 Å². The van der Waals surface area contributed by atoms with Crippen LogP contribution in [0.2, 0.25) is 0 Å². The second-order valence-electron chi connectivity index (χ2n) is 8.45. The summed E-state index contributed by atoms with van der Waals surface area (Å²) < 4.78 is 16.1. The minimum absolute atomic E-state index is 0.0252. The fraction of sp³-hybridized carbons (Fsp3) is 0.304. The van der Waals surface area contributed by atoms with Gasteiger partial charge < -0.3 is 14.8 Å². The van der Waals surface area contributed by atoms with E-state index in [0.717, 1.165) is 16.9 Å². The van der Waals surface area contributed by atoms with Crippen molar-refractivity contribution < 1.29 is 4.39 Å². The minimum atomic E-state index is -0.219. The van der Waals surface area contributed by atoms with Crippen molar-refractivity contribution >= 4 is 23.0 Å². The second kappa shape index (κ2) is 7.26. The van der Waals surface area contributed by atoms with Crippen LogP contribution in [-0.4, -0.2) is 14.7 Å². The van der Waals surface area contributed by atoms with Crippen LogP contribution < -0.4 is 10.2 Å². The van der Waals surface area contributed by atoms with E-state index in [2.05, 4.69) is 59.0 Å². The second-order valence-corrected chi connectivity index (χ2v) is 8.84. The fourth-order valence-corrected chi connectivity index (χ4v) is 4.10. The van der Waals surface area contributed by atoms with Gasteiger partial charge in [0.25, 0.3) is 0 Å². The summed E-state index contributed by atoms with van der Waals surface area (Å²) in [5.74, 6) is -0.219. The van der Waals surface area contributed by atoms with Gasteiger partial charge in [-0.1, -0.05) is 6.07 Å². The highest BCUT2D eigenvalue weighted by atomic mass is 32.1. The van der Waals surface area contributed by atoms with Gasteiger partial charge >= 0.3 is 0 Å². The first-order chi connectivity index (χ1) is 13.8. The minimum Gasteiger partial charge on any atom is -0.351 e. The molecule has 0 bridgehead atoms. The average Bonchev–Trinajstić information content (AvgIpc) is 3.29. The van der Waals surface area contributed by atoms with Gasteiger partial charge in [0.15, 0.2) is 5.11 Å². The molecule has 0 saturated carbocycles. The molecule has 0 amide bonds. The van der Waals surface area contributed by atoms with Crippen LogP contribution in [0.5, 0.6) is 0 Å². The van der Waals surface area contributed by atoms with Crippen molar-refractivity contribution in [1.82, 2.24) is 14.9 Å². The van der Waals surface area contributed by atoms with Crippen molar-refractivity contribution in [3.05, 3.63) is 83.7 Å². The van der Waals surface area contributed by atoms with Gasteiger partial charge in [-0.05, 0) is 87.4 Å². The molecule has 1 saturated heterocycles. The number of nitrogens with zero attached hydrogens (tertiary/aromatic N) is 3. The van der Waals surface area contributed by atoms with E-state index in [0.29, 0.717) is 10.7 Å². The molecule has 0 spiro atoms. The smallest absolute Gasteiger partial charge is 0.174 e. The molecule has 1 aliphatic heterocycles. The van der Waals surface area contributed by atoms with Crippen LogP contribution in [0, 0.1) is 12.7 Å². The molecule has 2 aromatic heterocycles. The van der Waals surface area contributed by atoms with Crippen LogP contribution in [0.4, 0.5) is 10.1 Å². The normalized spacial score (nSPS) is 19.5. The highest BCUT2D eigenvalue weighted by Gasteiger charge is 2.41. The maximum absolute atomic E-state index is 13.9. The van der Waals surface area contributed by atoms with E-state index in [9.17, 15) is 4.39 Å². The summed E-state index contributed by atoms with van der Waals surface area (Å²) in [6.45, 7) is 8.29. The molecule has 3 aromatic rings. The summed E-state index contributed by atoms with van der Waals surface area (Å²) >= 11 is 5.72. The van der Waals surface area contributed by atoms with Gasteiger partial charge in [0.05, 0.1) is 17.8 Å². The third kappa shape index (κ3) is 3.65. The van der Waals surface area contributed by atoms with Gasteiger partial charge in [0.2, 0.25) is 0 Å². The van der Waals surface area contributed by atoms with Crippen LogP contribution in [0.15, 0.2) is 61.1 Å². The van der Waals surface area contributed by atoms with Crippen molar-refractivity contribution in [1.29, 1.82) is 0 Å². The van der Waals surface area contributed by atoms with E-state index in [-0.39, 0.29) is 23.4 Å². The van der Waals surface area contributed by atoms with E-state index in [1.54, 1.807) is 19.2 Å². The molecule has 2 atom stereocenters. The Bertz CT molecular complexity index is 1040. The highest BCUT2D eigenvalue weighted by Crippen LogP contribution is 2.42. The number of benzene rings is 1. The molecular formula is C23H25FN4S. The average molecular weight is 409 g/mol. The van der Waals surface area contributed by atoms with E-state index < -0.39 is 0 Å². The van der Waals surface area contributed by atoms with E-state index in [4.69, 9.17) is 12.2 Å². The van der Waals surface area contributed by atoms with Crippen molar-refractivity contribution in [3.8, 4) is 0 Å². The number of aromatic nitrogens is 2. The lowest BCUT2D eigenvalue weighted by molar-refractivity contribution is 0.397. The molecule has 0 unspecified atom stereocenters. The summed E-state index contributed by atoms with van der Waals surface area (Å²) in [5, 5.41) is 4.05. The molecule has 0 radical (unpaired) electrons. The van der Waals surface area contributed by atoms with Crippen LogP contribution in [0.3, 0.4) is 0 Å². The number of thiocarbonyl (C=S) groups is 1. The van der Waals surface area contributed by atoms with Crippen molar-refractivity contribution in [2.75, 3.05) is 4.90 Å². The number of rotatable bonds is 3. The molecule has 29 heavy (non-hydrogen) atoms. The zero-order chi connectivity index (χ0) is 20.8. The van der Waals surface area contributed by atoms with Gasteiger partial charge in [-0.2, -0.15) is 0 Å². The zero-order valence-electron chi connectivity index (χ0n) is 17.1. The Morgan fingerprint density at radius 3 is 2.55 bits per heavy atom. The molecule has 1 aromatic carbocycles. The first-order valence-corrected chi connectivity index (χ1v) is 10.1. The number of pyridine rings is 1. The largest absolute Gasteiger partial charge is 0.351 e. The molecule has 1 aliphatic rings. The Balaban J connectivity index is 1.83. The quantitative estimate of drug-likeness (QED) is 0.599. The number of nitrogens with one attached hydrogen (secondary N) is 1. The summed E-state index contributed by atoms with van der Waals surface area (Å²) in [4.78, 5) is 6.64. The Kier molecular flexibility index (Phi) is 4.90. The number of hydrogen-bond acceptors (Lipinski definition) is 2. The van der Waals surface area contributed by atoms with Crippen molar-refractivity contribution in [3.63, 3.8) is 0 Å². The molecule has 4 rings (SSSR count). The predicted molar refractivity (Wildman–Crippen MR) is 118 cm³/mol. The van der Waals surface area contributed by atoms with Gasteiger partial charge in [0, 0.05) is 29.8 Å². The summed E-state index contributed by atoms with van der Waals surface area (Å²) in [7, 11) is 0. The van der Waals surface area contributed by atoms with Gasteiger partial charge in [0.1, 0.15) is 5.82 Å². The molecule has 4 nitrogen and oxygen atoms in total. The summed E-state index contributed by atoms with van der Waals surface area (Å²) in [5.41, 5.74) is 3.49. The number of hydrogen-bond donors (Lipinski definition) is 1. The Morgan fingerprint density at radius 1 is 1.14 bits per heavy atom. The first kappa shape index (κ1) is 19.6. The molecular weight excluding hydrogens is 383 g/mol. The lowest BCUT2D eigenvalue weighted by Gasteiger charge is -2.28. The Morgan fingerprint density at radius 2 is 1.93 bits per heavy atom. The molecule has 6 heteroatoms. The lowest BCUT2D eigenvalue weighted by atomic mass is 9.98. The maximum Gasteiger partial charge on any atom is 0.174 e. The maximum atomic E-state index is 13.9. The third-order valence-electron chi connectivity index (χ3n) is 5.35. The Hall–Kier alpha value is -2.73. The van der Waals surface area contributed by atoms with Crippen molar-refractivity contribution in [2.45, 2.75) is 45.3 Å². The van der Waals surface area contributed by atoms with E-state index >= 15 is 0 Å². The molecule has 0 aliphatic carbocycles. The summed E-state index contributed by atoms with van der Waals surface area (Å²) in [6.07, 6.45) is 6.06. The first-order valence-electron chi connectivity index (χ1n) is 9.71. The van der Waals surface area contributed by atoms with Gasteiger partial charge in [-0.25, -0.2) is 4.39 Å². The predicted octanol–water partition coefficient (Wildman–Crippen LogP) is 5.26. The third-order valence-corrected chi connectivity index (χ3v) is 5.66.